The largest absolute Gasteiger partial charge is 0.353 e. The number of carbonyl (C=O) groups is 3. The van der Waals surface area contributed by atoms with Gasteiger partial charge in [-0.25, -0.2) is 0 Å². The van der Waals surface area contributed by atoms with Crippen molar-refractivity contribution in [3.63, 3.8) is 0 Å². The zero-order chi connectivity index (χ0) is 40.3. The summed E-state index contributed by atoms with van der Waals surface area (Å²) in [5.74, 6) is -0.595. The molecule has 0 heterocycles. The molecule has 6 nitrogen and oxygen atoms in total. The van der Waals surface area contributed by atoms with Gasteiger partial charge < -0.3 is 16.0 Å². The number of hydrogen-bond acceptors (Lipinski definition) is 4. The first-order chi connectivity index (χ1) is 25.4. The molecule has 0 radical (unpaired) electrons. The molecule has 0 aromatic rings. The molecule has 0 aromatic heterocycles. The van der Waals surface area contributed by atoms with Crippen LogP contribution >= 0.6 is 12.6 Å². The summed E-state index contributed by atoms with van der Waals surface area (Å²) in [4.78, 5) is 38.0. The van der Waals surface area contributed by atoms with Crippen LogP contribution < -0.4 is 16.0 Å². The van der Waals surface area contributed by atoms with Gasteiger partial charge >= 0.3 is 0 Å². The maximum absolute atomic E-state index is 12.8. The summed E-state index contributed by atoms with van der Waals surface area (Å²) < 4.78 is 0. The lowest BCUT2D eigenvalue weighted by molar-refractivity contribution is -0.127. The van der Waals surface area contributed by atoms with Crippen LogP contribution in [0, 0.1) is 10.8 Å². The second-order valence-corrected chi connectivity index (χ2v) is 16.7. The van der Waals surface area contributed by atoms with Crippen LogP contribution in [0.1, 0.15) is 127 Å². The summed E-state index contributed by atoms with van der Waals surface area (Å²) in [6.45, 7) is 22.1. The van der Waals surface area contributed by atoms with Crippen molar-refractivity contribution in [2.75, 3.05) is 12.4 Å². The van der Waals surface area contributed by atoms with E-state index in [0.717, 1.165) is 28.7 Å². The molecule has 54 heavy (non-hydrogen) atoms. The third kappa shape index (κ3) is 17.1. The molecule has 296 valence electrons. The van der Waals surface area contributed by atoms with E-state index in [1.807, 2.05) is 44.2 Å². The van der Waals surface area contributed by atoms with Gasteiger partial charge in [-0.05, 0) is 132 Å². The van der Waals surface area contributed by atoms with Crippen molar-refractivity contribution in [3.05, 3.63) is 117 Å². The van der Waals surface area contributed by atoms with E-state index in [9.17, 15) is 14.4 Å². The summed E-state index contributed by atoms with van der Waals surface area (Å²) in [5, 5.41) is 8.46. The van der Waals surface area contributed by atoms with Crippen molar-refractivity contribution in [1.29, 1.82) is 0 Å². The van der Waals surface area contributed by atoms with Gasteiger partial charge in [0.15, 0.2) is 0 Å². The lowest BCUT2D eigenvalue weighted by Crippen LogP contribution is -2.46. The summed E-state index contributed by atoms with van der Waals surface area (Å²) in [6.07, 6.45) is 32.8. The Hall–Kier alpha value is -3.84. The number of hydrogen-bond donors (Lipinski definition) is 4. The van der Waals surface area contributed by atoms with Crippen LogP contribution in [0.5, 0.6) is 0 Å². The number of amides is 3. The predicted octanol–water partition coefficient (Wildman–Crippen LogP) is 10.8. The highest BCUT2D eigenvalue weighted by Gasteiger charge is 2.27. The molecule has 3 N–H and O–H groups in total. The average molecular weight is 756 g/mol. The molecule has 1 atom stereocenters. The molecular formula is C47H69N3O3S. The highest BCUT2D eigenvalue weighted by atomic mass is 32.1. The normalized spacial score (nSPS) is 19.4. The highest BCUT2D eigenvalue weighted by Crippen LogP contribution is 2.41. The molecule has 0 aliphatic heterocycles. The number of allylic oxidation sites excluding steroid dienone is 18. The first-order valence-electron chi connectivity index (χ1n) is 19.7. The van der Waals surface area contributed by atoms with E-state index in [0.29, 0.717) is 25.8 Å². The number of thiol groups is 1. The van der Waals surface area contributed by atoms with E-state index in [-0.39, 0.29) is 34.4 Å². The van der Waals surface area contributed by atoms with E-state index < -0.39 is 6.04 Å². The van der Waals surface area contributed by atoms with Crippen LogP contribution in [0.4, 0.5) is 0 Å². The molecule has 7 heteroatoms. The summed E-state index contributed by atoms with van der Waals surface area (Å²) >= 11 is 4.11. The fourth-order valence-electron chi connectivity index (χ4n) is 7.19. The minimum atomic E-state index is -0.698. The minimum absolute atomic E-state index is 0.159. The fraction of sp³-hybridized carbons (Fsp3) is 0.511. The summed E-state index contributed by atoms with van der Waals surface area (Å²) in [7, 11) is 0. The van der Waals surface area contributed by atoms with Crippen LogP contribution in [0.2, 0.25) is 0 Å². The molecule has 0 saturated heterocycles. The molecule has 0 fully saturated rings. The smallest absolute Gasteiger partial charge is 0.244 e. The number of unbranched alkanes of at least 4 members (excludes halogenated alkanes) is 1. The Morgan fingerprint density at radius 2 is 1.17 bits per heavy atom. The maximum atomic E-state index is 12.8. The van der Waals surface area contributed by atoms with Gasteiger partial charge in [0.05, 0.1) is 5.88 Å². The van der Waals surface area contributed by atoms with Gasteiger partial charge in [-0.1, -0.05) is 111 Å². The Balaban J connectivity index is 1.84. The molecular weight excluding hydrogens is 687 g/mol. The van der Waals surface area contributed by atoms with Crippen LogP contribution in [0.15, 0.2) is 117 Å². The zero-order valence-corrected chi connectivity index (χ0v) is 35.9. The van der Waals surface area contributed by atoms with Crippen molar-refractivity contribution in [2.45, 2.75) is 133 Å². The van der Waals surface area contributed by atoms with Gasteiger partial charge in [-0.3, -0.25) is 14.4 Å². The van der Waals surface area contributed by atoms with Crippen LogP contribution in [0.3, 0.4) is 0 Å². The van der Waals surface area contributed by atoms with Gasteiger partial charge in [0.25, 0.3) is 0 Å². The molecule has 2 aliphatic carbocycles. The van der Waals surface area contributed by atoms with Crippen LogP contribution in [-0.2, 0) is 14.4 Å². The minimum Gasteiger partial charge on any atom is -0.353 e. The van der Waals surface area contributed by atoms with Crippen LogP contribution in [0.25, 0.3) is 0 Å². The van der Waals surface area contributed by atoms with Crippen molar-refractivity contribution in [2.24, 2.45) is 10.8 Å². The van der Waals surface area contributed by atoms with E-state index in [1.54, 1.807) is 6.08 Å². The predicted molar refractivity (Wildman–Crippen MR) is 233 cm³/mol. The standard InChI is InChI=1S/C47H69N3O3S/c1-34(24-26-40-38(5)21-15-28-46(40,7)8)17-13-19-36(3)31-43(51)48-30-12-11-23-42(45(53)49-33-54)50-44(52)32-37(4)20-14-18-35(2)25-27-41-39(6)22-16-29-47(41,9)10/h13-14,17-20,24-27,31-32,42,54H,11-12,15-16,21-23,28-30,33H2,1-10H3,(H,48,51)(H,49,53)(H,50,52)/b19-13+,20-14+,26-24+,27-25+,34-17+,35-18+,36-31+,37-32+/t42-/m0/s1. The van der Waals surface area contributed by atoms with Crippen molar-refractivity contribution >= 4 is 30.4 Å². The van der Waals surface area contributed by atoms with Crippen molar-refractivity contribution in [3.8, 4) is 0 Å². The maximum Gasteiger partial charge on any atom is 0.244 e. The third-order valence-electron chi connectivity index (χ3n) is 10.4. The second-order valence-electron chi connectivity index (χ2n) is 16.4. The first kappa shape index (κ1) is 46.3. The van der Waals surface area contributed by atoms with Gasteiger partial charge in [0.1, 0.15) is 6.04 Å². The molecule has 0 unspecified atom stereocenters. The van der Waals surface area contributed by atoms with Gasteiger partial charge in [-0.15, -0.1) is 0 Å². The second kappa shape index (κ2) is 23.2. The molecule has 2 aliphatic rings. The van der Waals surface area contributed by atoms with Crippen molar-refractivity contribution < 1.29 is 14.4 Å². The van der Waals surface area contributed by atoms with Gasteiger partial charge in [0.2, 0.25) is 17.7 Å². The molecule has 0 bridgehead atoms. The van der Waals surface area contributed by atoms with Crippen LogP contribution in [-0.4, -0.2) is 36.2 Å². The number of rotatable bonds is 18. The topological polar surface area (TPSA) is 87.3 Å². The Morgan fingerprint density at radius 3 is 1.63 bits per heavy atom. The Bertz CT molecular complexity index is 1640. The lowest BCUT2D eigenvalue weighted by Gasteiger charge is -2.33. The Kier molecular flexibility index (Phi) is 19.9. The monoisotopic (exact) mass is 756 g/mol. The lowest BCUT2D eigenvalue weighted by atomic mass is 9.72. The third-order valence-corrected chi connectivity index (χ3v) is 10.5. The number of carbonyl (C=O) groups excluding carboxylic acids is 3. The summed E-state index contributed by atoms with van der Waals surface area (Å²) in [5.41, 5.74) is 10.2. The zero-order valence-electron chi connectivity index (χ0n) is 35.0. The molecule has 0 aromatic carbocycles. The molecule has 3 amide bonds. The van der Waals surface area contributed by atoms with E-state index >= 15 is 0 Å². The van der Waals surface area contributed by atoms with Gasteiger partial charge in [0, 0.05) is 18.7 Å². The average Bonchev–Trinajstić information content (AvgIpc) is 3.06. The highest BCUT2D eigenvalue weighted by molar-refractivity contribution is 7.80. The van der Waals surface area contributed by atoms with E-state index in [1.165, 1.54) is 60.5 Å². The Labute approximate surface area is 333 Å². The Morgan fingerprint density at radius 1 is 0.685 bits per heavy atom. The van der Waals surface area contributed by atoms with E-state index in [2.05, 4.69) is 114 Å². The SMILES string of the molecule is CC1=C(/C=C/C(C)=C/C=C/C(C)=C/C(=O)NCCCC[C@H](NC(=O)/C=C(C)/C=C/C=C(C)/C=C/C2=C(C)CCCC2(C)C)C(=O)NCS)C(C)(C)CCC1. The van der Waals surface area contributed by atoms with E-state index in [4.69, 9.17) is 0 Å². The molecule has 0 spiro atoms. The number of nitrogens with one attached hydrogen (secondary N) is 3. The van der Waals surface area contributed by atoms with Crippen molar-refractivity contribution in [1.82, 2.24) is 16.0 Å². The first-order valence-corrected chi connectivity index (χ1v) is 20.4. The quantitative estimate of drug-likeness (QED) is 0.0369. The van der Waals surface area contributed by atoms with Gasteiger partial charge in [-0.2, -0.15) is 12.6 Å². The fourth-order valence-corrected chi connectivity index (χ4v) is 7.35. The molecule has 0 saturated carbocycles. The summed E-state index contributed by atoms with van der Waals surface area (Å²) in [6, 6.07) is -0.698. The molecule has 2 rings (SSSR count).